The van der Waals surface area contributed by atoms with Gasteiger partial charge in [0.05, 0.1) is 0 Å². The number of rotatable bonds is 0. The minimum Gasteiger partial charge on any atom is -0.310 e. The van der Waals surface area contributed by atoms with Gasteiger partial charge in [0.25, 0.3) is 0 Å². The van der Waals surface area contributed by atoms with Gasteiger partial charge >= 0.3 is 0 Å². The van der Waals surface area contributed by atoms with E-state index in [1.54, 1.807) is 0 Å². The van der Waals surface area contributed by atoms with Crippen LogP contribution in [0.2, 0.25) is 0 Å². The lowest BCUT2D eigenvalue weighted by molar-refractivity contribution is 0.482. The first kappa shape index (κ1) is 9.67. The number of hydrogen-bond acceptors (Lipinski definition) is 1. The molecular weight excluding hydrogens is 122 g/mol. The Morgan fingerprint density at radius 1 is 1.20 bits per heavy atom. The highest BCUT2D eigenvalue weighted by atomic mass is 14.4. The Labute approximate surface area is 64.3 Å². The molecule has 0 aliphatic heterocycles. The van der Waals surface area contributed by atoms with E-state index in [1.807, 2.05) is 13.8 Å². The molecule has 1 rings (SSSR count). The molecule has 0 heterocycles. The molecule has 1 saturated carbocycles. The maximum atomic E-state index is 7.28. The van der Waals surface area contributed by atoms with E-state index >= 15 is 0 Å². The smallest absolute Gasteiger partial charge is 0.00893 e. The van der Waals surface area contributed by atoms with Crippen LogP contribution in [0, 0.1) is 11.3 Å². The number of hydrogen-bond donors (Lipinski definition) is 1. The van der Waals surface area contributed by atoms with Crippen molar-refractivity contribution in [2.24, 2.45) is 5.92 Å². The molecule has 0 spiro atoms. The Morgan fingerprint density at radius 2 is 1.60 bits per heavy atom. The van der Waals surface area contributed by atoms with Crippen molar-refractivity contribution in [3.63, 3.8) is 0 Å². The summed E-state index contributed by atoms with van der Waals surface area (Å²) in [7, 11) is 0. The van der Waals surface area contributed by atoms with Crippen LogP contribution in [-0.4, -0.2) is 5.71 Å². The van der Waals surface area contributed by atoms with Gasteiger partial charge in [-0.1, -0.05) is 20.8 Å². The van der Waals surface area contributed by atoms with Gasteiger partial charge < -0.3 is 5.41 Å². The molecule has 1 heteroatoms. The molecular formula is C9H19N. The van der Waals surface area contributed by atoms with Crippen molar-refractivity contribution >= 4 is 5.71 Å². The maximum Gasteiger partial charge on any atom is 0.00893 e. The Hall–Kier alpha value is -0.330. The molecule has 60 valence electrons. The van der Waals surface area contributed by atoms with Gasteiger partial charge in [-0.3, -0.25) is 0 Å². The Bertz CT molecular complexity index is 86.9. The van der Waals surface area contributed by atoms with E-state index in [0.717, 1.165) is 24.5 Å². The van der Waals surface area contributed by atoms with Crippen LogP contribution in [0.5, 0.6) is 0 Å². The van der Waals surface area contributed by atoms with Crippen molar-refractivity contribution in [3.8, 4) is 0 Å². The van der Waals surface area contributed by atoms with E-state index in [9.17, 15) is 0 Å². The van der Waals surface area contributed by atoms with Gasteiger partial charge in [-0.25, -0.2) is 0 Å². The van der Waals surface area contributed by atoms with Crippen LogP contribution in [0.1, 0.15) is 46.5 Å². The summed E-state index contributed by atoms with van der Waals surface area (Å²) in [5.74, 6) is 0.879. The SMILES string of the molecule is CC.CC1CCC(=N)CC1. The summed E-state index contributed by atoms with van der Waals surface area (Å²) in [4.78, 5) is 0. The molecule has 0 atom stereocenters. The fourth-order valence-electron chi connectivity index (χ4n) is 1.11. The van der Waals surface area contributed by atoms with Crippen LogP contribution in [0.25, 0.3) is 0 Å². The Balaban J connectivity index is 0.000000371. The second-order valence-corrected chi connectivity index (χ2v) is 2.79. The van der Waals surface area contributed by atoms with E-state index in [2.05, 4.69) is 6.92 Å². The lowest BCUT2D eigenvalue weighted by atomic mass is 9.90. The third-order valence-electron chi connectivity index (χ3n) is 1.88. The maximum absolute atomic E-state index is 7.28. The van der Waals surface area contributed by atoms with Crippen molar-refractivity contribution in [1.82, 2.24) is 0 Å². The molecule has 10 heavy (non-hydrogen) atoms. The Kier molecular flexibility index (Phi) is 5.27. The normalized spacial score (nSPS) is 25.1. The van der Waals surface area contributed by atoms with E-state index in [1.165, 1.54) is 12.8 Å². The van der Waals surface area contributed by atoms with Gasteiger partial charge in [0.2, 0.25) is 0 Å². The zero-order chi connectivity index (χ0) is 7.98. The summed E-state index contributed by atoms with van der Waals surface area (Å²) in [6.45, 7) is 6.27. The quantitative estimate of drug-likeness (QED) is 0.535. The topological polar surface area (TPSA) is 23.9 Å². The van der Waals surface area contributed by atoms with Gasteiger partial charge in [0, 0.05) is 5.71 Å². The largest absolute Gasteiger partial charge is 0.310 e. The number of nitrogens with one attached hydrogen (secondary N) is 1. The highest BCUT2D eigenvalue weighted by Crippen LogP contribution is 2.19. The van der Waals surface area contributed by atoms with Crippen LogP contribution >= 0.6 is 0 Å². The van der Waals surface area contributed by atoms with E-state index < -0.39 is 0 Å². The van der Waals surface area contributed by atoms with Crippen LogP contribution in [0.15, 0.2) is 0 Å². The molecule has 0 unspecified atom stereocenters. The summed E-state index contributed by atoms with van der Waals surface area (Å²) in [5.41, 5.74) is 0.961. The molecule has 0 aromatic carbocycles. The molecule has 1 N–H and O–H groups in total. The average Bonchev–Trinajstić information content (AvgIpc) is 2.00. The fourth-order valence-corrected chi connectivity index (χ4v) is 1.11. The molecule has 0 saturated heterocycles. The summed E-state index contributed by atoms with van der Waals surface area (Å²) in [6, 6.07) is 0. The lowest BCUT2D eigenvalue weighted by Crippen LogP contribution is -2.09. The molecule has 0 aromatic heterocycles. The minimum absolute atomic E-state index is 0.879. The van der Waals surface area contributed by atoms with Gasteiger partial charge in [-0.05, 0) is 31.6 Å². The fraction of sp³-hybridized carbons (Fsp3) is 0.889. The molecule has 1 nitrogen and oxygen atoms in total. The molecule has 1 aliphatic rings. The van der Waals surface area contributed by atoms with Crippen LogP contribution in [-0.2, 0) is 0 Å². The van der Waals surface area contributed by atoms with Gasteiger partial charge in [-0.2, -0.15) is 0 Å². The van der Waals surface area contributed by atoms with E-state index in [-0.39, 0.29) is 0 Å². The first-order chi connectivity index (χ1) is 4.79. The minimum atomic E-state index is 0.879. The average molecular weight is 141 g/mol. The standard InChI is InChI=1S/C7H13N.C2H6/c1-6-2-4-7(8)5-3-6;1-2/h6,8H,2-5H2,1H3;1-2H3. The predicted octanol–water partition coefficient (Wildman–Crippen LogP) is 3.24. The first-order valence-corrected chi connectivity index (χ1v) is 4.35. The molecule has 1 fully saturated rings. The summed E-state index contributed by atoms with van der Waals surface area (Å²) in [5, 5.41) is 7.28. The van der Waals surface area contributed by atoms with Gasteiger partial charge in [-0.15, -0.1) is 0 Å². The third kappa shape index (κ3) is 3.65. The van der Waals surface area contributed by atoms with Crippen molar-refractivity contribution < 1.29 is 0 Å². The Morgan fingerprint density at radius 3 is 1.90 bits per heavy atom. The third-order valence-corrected chi connectivity index (χ3v) is 1.88. The lowest BCUT2D eigenvalue weighted by Gasteiger charge is -2.17. The van der Waals surface area contributed by atoms with Crippen LogP contribution in [0.4, 0.5) is 0 Å². The van der Waals surface area contributed by atoms with Crippen LogP contribution in [0.3, 0.4) is 0 Å². The van der Waals surface area contributed by atoms with Gasteiger partial charge in [0.1, 0.15) is 0 Å². The monoisotopic (exact) mass is 141 g/mol. The van der Waals surface area contributed by atoms with Gasteiger partial charge in [0.15, 0.2) is 0 Å². The highest BCUT2D eigenvalue weighted by Gasteiger charge is 2.10. The second kappa shape index (κ2) is 5.45. The van der Waals surface area contributed by atoms with Crippen molar-refractivity contribution in [2.75, 3.05) is 0 Å². The summed E-state index contributed by atoms with van der Waals surface area (Å²) < 4.78 is 0. The summed E-state index contributed by atoms with van der Waals surface area (Å²) in [6.07, 6.45) is 4.61. The van der Waals surface area contributed by atoms with Crippen molar-refractivity contribution in [2.45, 2.75) is 46.5 Å². The molecule has 0 amide bonds. The highest BCUT2D eigenvalue weighted by molar-refractivity contribution is 5.81. The molecule has 1 aliphatic carbocycles. The molecule has 0 aromatic rings. The van der Waals surface area contributed by atoms with Crippen molar-refractivity contribution in [3.05, 3.63) is 0 Å². The van der Waals surface area contributed by atoms with E-state index in [4.69, 9.17) is 5.41 Å². The predicted molar refractivity (Wildman–Crippen MR) is 46.7 cm³/mol. The first-order valence-electron chi connectivity index (χ1n) is 4.35. The van der Waals surface area contributed by atoms with E-state index in [0.29, 0.717) is 0 Å². The molecule has 0 radical (unpaired) electrons. The molecule has 0 bridgehead atoms. The summed E-state index contributed by atoms with van der Waals surface area (Å²) >= 11 is 0. The van der Waals surface area contributed by atoms with Crippen molar-refractivity contribution in [1.29, 1.82) is 5.41 Å². The van der Waals surface area contributed by atoms with Crippen LogP contribution < -0.4 is 0 Å². The zero-order valence-electron chi connectivity index (χ0n) is 7.41. The second-order valence-electron chi connectivity index (χ2n) is 2.79. The zero-order valence-corrected chi connectivity index (χ0v) is 7.41.